The summed E-state index contributed by atoms with van der Waals surface area (Å²) in [6.45, 7) is 0.115. The SMILES string of the molecule is CC(=O)N[C@H]1[C@@H](O[C@H]2[C@H](O)[C@@H](NC(C)=O)CO[C@@H]2CO)O[C@H](CO)[C@@H](O[C@@H]2O[C@H](CO)[C@@H](O)[C@H](O)[C@@H]2O)[C@@H]1O. The summed E-state index contributed by atoms with van der Waals surface area (Å²) in [5.74, 6) is -1.10. The second-order valence-corrected chi connectivity index (χ2v) is 9.69. The summed E-state index contributed by atoms with van der Waals surface area (Å²) in [7, 11) is 0. The van der Waals surface area contributed by atoms with Crippen molar-refractivity contribution in [2.45, 2.75) is 99.6 Å². The molecule has 3 fully saturated rings. The normalized spacial score (nSPS) is 45.0. The van der Waals surface area contributed by atoms with Crippen molar-refractivity contribution in [1.82, 2.24) is 10.6 Å². The fourth-order valence-electron chi connectivity index (χ4n) is 4.81. The minimum Gasteiger partial charge on any atom is -0.394 e. The number of carbonyl (C=O) groups is 2. The highest BCUT2D eigenvalue weighted by Gasteiger charge is 2.53. The van der Waals surface area contributed by atoms with Crippen molar-refractivity contribution in [3.05, 3.63) is 0 Å². The van der Waals surface area contributed by atoms with Gasteiger partial charge >= 0.3 is 0 Å². The predicted molar refractivity (Wildman–Crippen MR) is 123 cm³/mol. The number of hydrogen-bond donors (Lipinski definition) is 10. The smallest absolute Gasteiger partial charge is 0.217 e. The molecule has 3 aliphatic rings. The van der Waals surface area contributed by atoms with Gasteiger partial charge in [0.15, 0.2) is 12.6 Å². The van der Waals surface area contributed by atoms with Crippen LogP contribution in [0.4, 0.5) is 0 Å². The summed E-state index contributed by atoms with van der Waals surface area (Å²) >= 11 is 0. The first-order chi connectivity index (χ1) is 18.4. The Morgan fingerprint density at radius 2 is 1.23 bits per heavy atom. The summed E-state index contributed by atoms with van der Waals surface area (Å²) in [5, 5.41) is 86.5. The summed E-state index contributed by atoms with van der Waals surface area (Å²) in [4.78, 5) is 23.5. The first-order valence-electron chi connectivity index (χ1n) is 12.4. The molecule has 0 unspecified atom stereocenters. The van der Waals surface area contributed by atoms with Crippen molar-refractivity contribution in [3.63, 3.8) is 0 Å². The highest BCUT2D eigenvalue weighted by molar-refractivity contribution is 5.73. The van der Waals surface area contributed by atoms with Gasteiger partial charge in [-0.2, -0.15) is 0 Å². The Morgan fingerprint density at radius 3 is 1.79 bits per heavy atom. The highest BCUT2D eigenvalue weighted by atomic mass is 16.7. The van der Waals surface area contributed by atoms with Crippen LogP contribution in [0.2, 0.25) is 0 Å². The van der Waals surface area contributed by atoms with E-state index in [-0.39, 0.29) is 6.61 Å². The van der Waals surface area contributed by atoms with Gasteiger partial charge in [-0.05, 0) is 0 Å². The molecule has 0 aromatic heterocycles. The number of nitrogens with one attached hydrogen (secondary N) is 2. The minimum absolute atomic E-state index is 0.136. The molecule has 0 spiro atoms. The van der Waals surface area contributed by atoms with Gasteiger partial charge in [0.1, 0.15) is 67.1 Å². The maximum absolute atomic E-state index is 12.0. The first-order valence-corrected chi connectivity index (χ1v) is 12.4. The predicted octanol–water partition coefficient (Wildman–Crippen LogP) is -6.60. The van der Waals surface area contributed by atoms with E-state index in [4.69, 9.17) is 23.7 Å². The number of rotatable bonds is 9. The second kappa shape index (κ2) is 13.9. The van der Waals surface area contributed by atoms with Gasteiger partial charge in [-0.1, -0.05) is 0 Å². The lowest BCUT2D eigenvalue weighted by atomic mass is 9.94. The summed E-state index contributed by atoms with van der Waals surface area (Å²) in [5.41, 5.74) is 0. The van der Waals surface area contributed by atoms with E-state index >= 15 is 0 Å². The standard InChI is InChI=1S/C22H38N2O15/c1-7(28)23-9-6-35-11(4-26)19(14(9)30)38-21-13(24-8(2)29)16(32)20(12(5-27)37-21)39-22-18(34)17(33)15(31)10(3-25)36-22/h9-22,25-27,30-34H,3-6H2,1-2H3,(H,23,28)(H,24,29)/t9-,10+,11+,12+,13+,14+,15+,16+,17-,18-,19+,20+,21+,22-/m0/s1. The number of hydrogen-bond acceptors (Lipinski definition) is 15. The molecule has 3 rings (SSSR count). The van der Waals surface area contributed by atoms with E-state index in [0.717, 1.165) is 6.92 Å². The lowest BCUT2D eigenvalue weighted by Gasteiger charge is -2.49. The average Bonchev–Trinajstić information content (AvgIpc) is 2.89. The van der Waals surface area contributed by atoms with Gasteiger partial charge in [-0.3, -0.25) is 9.59 Å². The molecule has 17 nitrogen and oxygen atoms in total. The number of aliphatic hydroxyl groups excluding tert-OH is 8. The topological polar surface area (TPSA) is 266 Å². The van der Waals surface area contributed by atoms with E-state index in [9.17, 15) is 50.4 Å². The van der Waals surface area contributed by atoms with Gasteiger partial charge in [0.25, 0.3) is 0 Å². The van der Waals surface area contributed by atoms with Gasteiger partial charge in [-0.15, -0.1) is 0 Å². The Labute approximate surface area is 223 Å². The quantitative estimate of drug-likeness (QED) is 0.123. The maximum atomic E-state index is 12.0. The third-order valence-corrected chi connectivity index (χ3v) is 6.83. The highest BCUT2D eigenvalue weighted by Crippen LogP contribution is 2.31. The van der Waals surface area contributed by atoms with E-state index in [2.05, 4.69) is 10.6 Å². The average molecular weight is 571 g/mol. The molecule has 3 heterocycles. The first kappa shape index (κ1) is 31.9. The number of ether oxygens (including phenoxy) is 5. The van der Waals surface area contributed by atoms with Crippen molar-refractivity contribution < 1.29 is 74.1 Å². The number of aliphatic hydroxyl groups is 8. The molecule has 17 heteroatoms. The van der Waals surface area contributed by atoms with Gasteiger partial charge < -0.3 is 75.2 Å². The number of carbonyl (C=O) groups excluding carboxylic acids is 2. The molecule has 226 valence electrons. The molecule has 0 aromatic carbocycles. The van der Waals surface area contributed by atoms with Crippen LogP contribution in [-0.2, 0) is 33.3 Å². The Bertz CT molecular complexity index is 820. The fraction of sp³-hybridized carbons (Fsp3) is 0.909. The zero-order chi connectivity index (χ0) is 29.0. The second-order valence-electron chi connectivity index (χ2n) is 9.69. The van der Waals surface area contributed by atoms with Crippen LogP contribution >= 0.6 is 0 Å². The Kier molecular flexibility index (Phi) is 11.4. The molecule has 3 aliphatic heterocycles. The van der Waals surface area contributed by atoms with E-state index in [1.165, 1.54) is 6.92 Å². The maximum Gasteiger partial charge on any atom is 0.217 e. The summed E-state index contributed by atoms with van der Waals surface area (Å²) < 4.78 is 28.1. The monoisotopic (exact) mass is 570 g/mol. The van der Waals surface area contributed by atoms with Crippen molar-refractivity contribution in [3.8, 4) is 0 Å². The van der Waals surface area contributed by atoms with Crippen LogP contribution in [0.15, 0.2) is 0 Å². The van der Waals surface area contributed by atoms with Crippen molar-refractivity contribution in [2.24, 2.45) is 0 Å². The van der Waals surface area contributed by atoms with E-state index in [1.54, 1.807) is 0 Å². The van der Waals surface area contributed by atoms with Gasteiger partial charge in [0.05, 0.1) is 32.5 Å². The van der Waals surface area contributed by atoms with Gasteiger partial charge in [-0.25, -0.2) is 0 Å². The van der Waals surface area contributed by atoms with Crippen LogP contribution in [0, 0.1) is 0 Å². The third-order valence-electron chi connectivity index (χ3n) is 6.83. The van der Waals surface area contributed by atoms with E-state index in [1.807, 2.05) is 0 Å². The molecule has 39 heavy (non-hydrogen) atoms. The van der Waals surface area contributed by atoms with Crippen LogP contribution in [0.25, 0.3) is 0 Å². The van der Waals surface area contributed by atoms with Crippen LogP contribution in [0.3, 0.4) is 0 Å². The lowest BCUT2D eigenvalue weighted by Crippen LogP contribution is -2.69. The zero-order valence-corrected chi connectivity index (χ0v) is 21.3. The van der Waals surface area contributed by atoms with Crippen LogP contribution < -0.4 is 10.6 Å². The van der Waals surface area contributed by atoms with Crippen molar-refractivity contribution in [2.75, 3.05) is 26.4 Å². The van der Waals surface area contributed by atoms with Crippen LogP contribution in [0.1, 0.15) is 13.8 Å². The Hall–Kier alpha value is -1.58. The van der Waals surface area contributed by atoms with Gasteiger partial charge in [0, 0.05) is 13.8 Å². The van der Waals surface area contributed by atoms with E-state index in [0.29, 0.717) is 0 Å². The molecule has 10 N–H and O–H groups in total. The lowest BCUT2D eigenvalue weighted by molar-refractivity contribution is -0.356. The molecule has 0 aliphatic carbocycles. The molecular weight excluding hydrogens is 532 g/mol. The summed E-state index contributed by atoms with van der Waals surface area (Å²) in [6, 6.07) is -2.33. The molecular formula is C22H38N2O15. The van der Waals surface area contributed by atoms with Crippen molar-refractivity contribution >= 4 is 11.8 Å². The van der Waals surface area contributed by atoms with Crippen LogP contribution in [0.5, 0.6) is 0 Å². The van der Waals surface area contributed by atoms with E-state index < -0.39 is 117 Å². The minimum atomic E-state index is -1.83. The molecule has 2 amide bonds. The molecule has 14 atom stereocenters. The molecule has 0 saturated carbocycles. The largest absolute Gasteiger partial charge is 0.394 e. The van der Waals surface area contributed by atoms with Crippen molar-refractivity contribution in [1.29, 1.82) is 0 Å². The molecule has 0 aromatic rings. The molecule has 3 saturated heterocycles. The van der Waals surface area contributed by atoms with Gasteiger partial charge in [0.2, 0.25) is 11.8 Å². The fourth-order valence-corrected chi connectivity index (χ4v) is 4.81. The molecule has 0 bridgehead atoms. The van der Waals surface area contributed by atoms with Crippen LogP contribution in [-0.4, -0.2) is 165 Å². The Balaban J connectivity index is 1.83. The molecule has 0 radical (unpaired) electrons. The Morgan fingerprint density at radius 1 is 0.692 bits per heavy atom. The summed E-state index contributed by atoms with van der Waals surface area (Å²) in [6.07, 6.45) is -18.3. The third kappa shape index (κ3) is 7.20. The zero-order valence-electron chi connectivity index (χ0n) is 21.3. The number of amides is 2.